The average Bonchev–Trinajstić information content (AvgIpc) is 3.13. The smallest absolute Gasteiger partial charge is 0.325 e. The van der Waals surface area contributed by atoms with Crippen LogP contribution in [-0.4, -0.2) is 34.8 Å². The van der Waals surface area contributed by atoms with Crippen LogP contribution in [0.1, 0.15) is 29.7 Å². The van der Waals surface area contributed by atoms with Crippen molar-refractivity contribution in [2.24, 2.45) is 0 Å². The largest absolute Gasteiger partial charge is 0.348 e. The fraction of sp³-hybridized carbons (Fsp3) is 0.194. The summed E-state index contributed by atoms with van der Waals surface area (Å²) in [5, 5.41) is 8.08. The van der Waals surface area contributed by atoms with Gasteiger partial charge in [-0.05, 0) is 40.5 Å². The zero-order chi connectivity index (χ0) is 25.8. The SMILES string of the molecule is C[C@H](NC(=O)CN1C(=O)NC(Cc2ccccc2)(Cc2ccccc2)C1=O)c1ccc2ccccc2c1. The molecule has 37 heavy (non-hydrogen) atoms. The number of fused-ring (bicyclic) bond motifs is 1. The number of imide groups is 1. The van der Waals surface area contributed by atoms with Crippen molar-refractivity contribution in [3.05, 3.63) is 120 Å². The monoisotopic (exact) mass is 491 g/mol. The molecule has 2 N–H and O–H groups in total. The van der Waals surface area contributed by atoms with Crippen molar-refractivity contribution in [1.29, 1.82) is 0 Å². The summed E-state index contributed by atoms with van der Waals surface area (Å²) in [5.74, 6) is -0.780. The maximum atomic E-state index is 13.7. The highest BCUT2D eigenvalue weighted by molar-refractivity contribution is 6.09. The van der Waals surface area contributed by atoms with Gasteiger partial charge in [0.2, 0.25) is 5.91 Å². The highest BCUT2D eigenvalue weighted by atomic mass is 16.2. The summed E-state index contributed by atoms with van der Waals surface area (Å²) in [6, 6.07) is 32.4. The Bertz CT molecular complexity index is 1390. The van der Waals surface area contributed by atoms with Crippen LogP contribution in [0.5, 0.6) is 0 Å². The van der Waals surface area contributed by atoms with Crippen LogP contribution in [0, 0.1) is 0 Å². The van der Waals surface area contributed by atoms with Crippen molar-refractivity contribution < 1.29 is 14.4 Å². The van der Waals surface area contributed by atoms with E-state index in [0.29, 0.717) is 12.8 Å². The molecular weight excluding hydrogens is 462 g/mol. The summed E-state index contributed by atoms with van der Waals surface area (Å²) in [7, 11) is 0. The molecule has 1 atom stereocenters. The second-order valence-corrected chi connectivity index (χ2v) is 9.62. The maximum Gasteiger partial charge on any atom is 0.325 e. The van der Waals surface area contributed by atoms with Crippen LogP contribution >= 0.6 is 0 Å². The molecule has 6 heteroatoms. The van der Waals surface area contributed by atoms with Crippen molar-refractivity contribution >= 4 is 28.6 Å². The van der Waals surface area contributed by atoms with Crippen LogP contribution < -0.4 is 10.6 Å². The Hall–Kier alpha value is -4.45. The van der Waals surface area contributed by atoms with Gasteiger partial charge in [-0.15, -0.1) is 0 Å². The molecule has 1 heterocycles. The van der Waals surface area contributed by atoms with E-state index >= 15 is 0 Å². The first kappa shape index (κ1) is 24.3. The molecule has 4 aromatic rings. The lowest BCUT2D eigenvalue weighted by Gasteiger charge is -2.27. The first-order valence-electron chi connectivity index (χ1n) is 12.4. The summed E-state index contributed by atoms with van der Waals surface area (Å²) >= 11 is 0. The van der Waals surface area contributed by atoms with Crippen LogP contribution in [0.15, 0.2) is 103 Å². The molecule has 0 spiro atoms. The van der Waals surface area contributed by atoms with E-state index in [4.69, 9.17) is 0 Å². The minimum Gasteiger partial charge on any atom is -0.348 e. The number of carbonyl (C=O) groups excluding carboxylic acids is 3. The first-order chi connectivity index (χ1) is 17.9. The lowest BCUT2D eigenvalue weighted by atomic mass is 9.84. The second-order valence-electron chi connectivity index (χ2n) is 9.62. The van der Waals surface area contributed by atoms with Crippen molar-refractivity contribution in [3.63, 3.8) is 0 Å². The van der Waals surface area contributed by atoms with E-state index in [-0.39, 0.29) is 18.5 Å². The second kappa shape index (κ2) is 10.3. The van der Waals surface area contributed by atoms with Gasteiger partial charge in [-0.2, -0.15) is 0 Å². The molecule has 0 bridgehead atoms. The van der Waals surface area contributed by atoms with Gasteiger partial charge >= 0.3 is 6.03 Å². The molecule has 1 aliphatic heterocycles. The third-order valence-corrected chi connectivity index (χ3v) is 6.90. The summed E-state index contributed by atoms with van der Waals surface area (Å²) in [6.45, 7) is 1.55. The molecule has 1 fully saturated rings. The standard InChI is InChI=1S/C31H29N3O3/c1-22(26-17-16-25-14-8-9-15-27(25)18-26)32-28(35)21-34-29(36)31(33-30(34)37,19-23-10-4-2-5-11-23)20-24-12-6-3-7-13-24/h2-18,22H,19-21H2,1H3,(H,32,35)(H,33,37)/t22-/m0/s1. The van der Waals surface area contributed by atoms with Crippen molar-refractivity contribution in [1.82, 2.24) is 15.5 Å². The van der Waals surface area contributed by atoms with Gasteiger partial charge in [-0.1, -0.05) is 97.1 Å². The maximum absolute atomic E-state index is 13.7. The normalized spacial score (nSPS) is 15.4. The summed E-state index contributed by atoms with van der Waals surface area (Å²) in [6.07, 6.45) is 0.665. The summed E-state index contributed by atoms with van der Waals surface area (Å²) < 4.78 is 0. The minimum absolute atomic E-state index is 0.281. The zero-order valence-corrected chi connectivity index (χ0v) is 20.7. The molecule has 0 aliphatic carbocycles. The van der Waals surface area contributed by atoms with E-state index in [2.05, 4.69) is 10.6 Å². The molecular formula is C31H29N3O3. The van der Waals surface area contributed by atoms with Crippen LogP contribution in [0.2, 0.25) is 0 Å². The summed E-state index contributed by atoms with van der Waals surface area (Å²) in [5.41, 5.74) is 1.66. The van der Waals surface area contributed by atoms with Gasteiger partial charge in [0, 0.05) is 12.8 Å². The number of benzene rings is 4. The van der Waals surface area contributed by atoms with Gasteiger partial charge in [0.05, 0.1) is 6.04 Å². The van der Waals surface area contributed by atoms with E-state index < -0.39 is 17.5 Å². The lowest BCUT2D eigenvalue weighted by Crippen LogP contribution is -2.51. The number of amides is 4. The number of nitrogens with zero attached hydrogens (tertiary/aromatic N) is 1. The average molecular weight is 492 g/mol. The Morgan fingerprint density at radius 1 is 0.811 bits per heavy atom. The number of nitrogens with one attached hydrogen (secondary N) is 2. The third-order valence-electron chi connectivity index (χ3n) is 6.90. The Balaban J connectivity index is 1.33. The van der Waals surface area contributed by atoms with E-state index in [1.807, 2.05) is 110 Å². The molecule has 6 nitrogen and oxygen atoms in total. The van der Waals surface area contributed by atoms with Gasteiger partial charge in [0.25, 0.3) is 5.91 Å². The Morgan fingerprint density at radius 3 is 2.00 bits per heavy atom. The lowest BCUT2D eigenvalue weighted by molar-refractivity contribution is -0.135. The fourth-order valence-electron chi connectivity index (χ4n) is 5.00. The number of rotatable bonds is 8. The van der Waals surface area contributed by atoms with Crippen molar-refractivity contribution in [2.75, 3.05) is 6.54 Å². The number of hydrogen-bond acceptors (Lipinski definition) is 3. The molecule has 186 valence electrons. The highest BCUT2D eigenvalue weighted by Crippen LogP contribution is 2.27. The molecule has 4 amide bonds. The summed E-state index contributed by atoms with van der Waals surface area (Å²) in [4.78, 5) is 40.8. The molecule has 0 unspecified atom stereocenters. The number of carbonyl (C=O) groups is 3. The van der Waals surface area contributed by atoms with Crippen LogP contribution in [0.25, 0.3) is 10.8 Å². The molecule has 5 rings (SSSR count). The van der Waals surface area contributed by atoms with Crippen LogP contribution in [-0.2, 0) is 22.4 Å². The predicted molar refractivity (Wildman–Crippen MR) is 144 cm³/mol. The zero-order valence-electron chi connectivity index (χ0n) is 20.7. The topological polar surface area (TPSA) is 78.5 Å². The van der Waals surface area contributed by atoms with Gasteiger partial charge in [-0.25, -0.2) is 4.79 Å². The third kappa shape index (κ3) is 5.23. The van der Waals surface area contributed by atoms with Gasteiger partial charge < -0.3 is 10.6 Å². The molecule has 0 aromatic heterocycles. The number of urea groups is 1. The first-order valence-corrected chi connectivity index (χ1v) is 12.4. The van der Waals surface area contributed by atoms with Gasteiger partial charge in [-0.3, -0.25) is 14.5 Å². The predicted octanol–water partition coefficient (Wildman–Crippen LogP) is 4.79. The van der Waals surface area contributed by atoms with Gasteiger partial charge in [0.1, 0.15) is 12.1 Å². The molecule has 1 saturated heterocycles. The Labute approximate surface area is 216 Å². The number of hydrogen-bond donors (Lipinski definition) is 2. The molecule has 4 aromatic carbocycles. The molecule has 1 aliphatic rings. The van der Waals surface area contributed by atoms with Crippen molar-refractivity contribution in [3.8, 4) is 0 Å². The fourth-order valence-corrected chi connectivity index (χ4v) is 5.00. The van der Waals surface area contributed by atoms with Gasteiger partial charge in [0.15, 0.2) is 0 Å². The van der Waals surface area contributed by atoms with E-state index in [9.17, 15) is 14.4 Å². The molecule has 0 saturated carbocycles. The van der Waals surface area contributed by atoms with Crippen molar-refractivity contribution in [2.45, 2.75) is 31.3 Å². The molecule has 0 radical (unpaired) electrons. The van der Waals surface area contributed by atoms with E-state index in [1.165, 1.54) is 0 Å². The van der Waals surface area contributed by atoms with Crippen LogP contribution in [0.4, 0.5) is 4.79 Å². The minimum atomic E-state index is -1.16. The van der Waals surface area contributed by atoms with E-state index in [0.717, 1.165) is 32.4 Å². The Morgan fingerprint density at radius 2 is 1.38 bits per heavy atom. The highest BCUT2D eigenvalue weighted by Gasteiger charge is 2.51. The quantitative estimate of drug-likeness (QED) is 0.348. The van der Waals surface area contributed by atoms with E-state index in [1.54, 1.807) is 0 Å². The van der Waals surface area contributed by atoms with Crippen LogP contribution in [0.3, 0.4) is 0 Å². The Kier molecular flexibility index (Phi) is 6.73.